The number of ether oxygens (including phenoxy) is 1. The minimum Gasteiger partial charge on any atom is -0.361 e. The van der Waals surface area contributed by atoms with E-state index in [1.165, 1.54) is 4.88 Å². The zero-order valence-electron chi connectivity index (χ0n) is 9.30. The molecule has 17 heavy (non-hydrogen) atoms. The van der Waals surface area contributed by atoms with Gasteiger partial charge in [-0.3, -0.25) is 4.90 Å². The van der Waals surface area contributed by atoms with E-state index in [4.69, 9.17) is 15.7 Å². The molecule has 0 saturated carbocycles. The van der Waals surface area contributed by atoms with Gasteiger partial charge in [0.05, 0.1) is 18.7 Å². The maximum atomic E-state index is 8.90. The van der Waals surface area contributed by atoms with Crippen LogP contribution in [0.25, 0.3) is 0 Å². The third-order valence-corrected chi connectivity index (χ3v) is 4.62. The van der Waals surface area contributed by atoms with Crippen molar-refractivity contribution in [3.8, 4) is 6.07 Å². The van der Waals surface area contributed by atoms with E-state index in [1.807, 2.05) is 0 Å². The minimum absolute atomic E-state index is 0.186. The van der Waals surface area contributed by atoms with Crippen molar-refractivity contribution < 1.29 is 4.74 Å². The molecule has 2 heterocycles. The molecule has 0 bridgehead atoms. The molecule has 0 aromatic carbocycles. The van der Waals surface area contributed by atoms with Crippen LogP contribution in [-0.4, -0.2) is 37.2 Å². The second-order valence-electron chi connectivity index (χ2n) is 3.90. The monoisotopic (exact) mass is 315 g/mol. The Labute approximate surface area is 113 Å². The highest BCUT2D eigenvalue weighted by Crippen LogP contribution is 2.29. The summed E-state index contributed by atoms with van der Waals surface area (Å²) in [6.45, 7) is 2.62. The van der Waals surface area contributed by atoms with Gasteiger partial charge in [0.25, 0.3) is 0 Å². The lowest BCUT2D eigenvalue weighted by atomic mass is 10.1. The number of nitrogens with two attached hydrogens (primary N) is 1. The molecule has 2 unspecified atom stereocenters. The van der Waals surface area contributed by atoms with Crippen LogP contribution in [-0.2, 0) is 4.74 Å². The first-order valence-electron chi connectivity index (χ1n) is 5.44. The molecule has 1 aliphatic heterocycles. The Kier molecular flexibility index (Phi) is 4.54. The number of halogens is 1. The molecule has 4 nitrogen and oxygen atoms in total. The molecule has 2 atom stereocenters. The molecular weight excluding hydrogens is 302 g/mol. The fourth-order valence-electron chi connectivity index (χ4n) is 1.98. The number of morpholine rings is 1. The first kappa shape index (κ1) is 13.0. The summed E-state index contributed by atoms with van der Waals surface area (Å²) in [5.41, 5.74) is 5.86. The van der Waals surface area contributed by atoms with Gasteiger partial charge in [0.1, 0.15) is 0 Å². The van der Waals surface area contributed by atoms with Crippen LogP contribution < -0.4 is 5.73 Å². The number of nitriles is 1. The van der Waals surface area contributed by atoms with Crippen molar-refractivity contribution in [3.63, 3.8) is 0 Å². The Hall–Kier alpha value is -0.450. The van der Waals surface area contributed by atoms with Gasteiger partial charge in [0, 0.05) is 34.4 Å². The second-order valence-corrected chi connectivity index (χ2v) is 5.76. The van der Waals surface area contributed by atoms with Gasteiger partial charge in [0.2, 0.25) is 0 Å². The number of thiophene rings is 1. The van der Waals surface area contributed by atoms with Crippen LogP contribution in [0.15, 0.2) is 15.9 Å². The van der Waals surface area contributed by atoms with E-state index >= 15 is 0 Å². The Bertz CT molecular complexity index is 417. The average Bonchev–Trinajstić information content (AvgIpc) is 2.77. The normalized spacial score (nSPS) is 23.2. The minimum atomic E-state index is -0.332. The molecule has 2 rings (SSSR count). The topological polar surface area (TPSA) is 62.3 Å². The predicted octanol–water partition coefficient (Wildman–Crippen LogP) is 1.73. The van der Waals surface area contributed by atoms with E-state index in [-0.39, 0.29) is 12.1 Å². The highest BCUT2D eigenvalue weighted by molar-refractivity contribution is 9.10. The van der Waals surface area contributed by atoms with Crippen molar-refractivity contribution in [1.82, 2.24) is 4.90 Å². The van der Waals surface area contributed by atoms with Crippen molar-refractivity contribution >= 4 is 27.3 Å². The summed E-state index contributed by atoms with van der Waals surface area (Å²) in [5.74, 6) is 0. The lowest BCUT2D eigenvalue weighted by molar-refractivity contribution is -0.0155. The summed E-state index contributed by atoms with van der Waals surface area (Å²) in [6.07, 6.45) is -0.332. The summed E-state index contributed by atoms with van der Waals surface area (Å²) in [7, 11) is 0. The fourth-order valence-corrected chi connectivity index (χ4v) is 3.57. The van der Waals surface area contributed by atoms with Crippen molar-refractivity contribution in [3.05, 3.63) is 20.8 Å². The largest absolute Gasteiger partial charge is 0.361 e. The molecule has 2 N–H and O–H groups in total. The van der Waals surface area contributed by atoms with Gasteiger partial charge in [-0.1, -0.05) is 0 Å². The Balaban J connectivity index is 2.10. The fraction of sp³-hybridized carbons (Fsp3) is 0.545. The molecule has 0 aliphatic carbocycles. The third kappa shape index (κ3) is 3.06. The first-order chi connectivity index (χ1) is 8.24. The van der Waals surface area contributed by atoms with Crippen molar-refractivity contribution in [2.24, 2.45) is 5.73 Å². The zero-order valence-corrected chi connectivity index (χ0v) is 11.7. The molecule has 0 amide bonds. The lowest BCUT2D eigenvalue weighted by Gasteiger charge is -2.35. The van der Waals surface area contributed by atoms with Gasteiger partial charge < -0.3 is 10.5 Å². The van der Waals surface area contributed by atoms with Gasteiger partial charge in [-0.2, -0.15) is 5.26 Å². The highest BCUT2D eigenvalue weighted by atomic mass is 79.9. The van der Waals surface area contributed by atoms with Gasteiger partial charge in [0.15, 0.2) is 6.10 Å². The second kappa shape index (κ2) is 5.94. The molecule has 6 heteroatoms. The van der Waals surface area contributed by atoms with Gasteiger partial charge >= 0.3 is 0 Å². The van der Waals surface area contributed by atoms with Crippen LogP contribution in [0.1, 0.15) is 10.9 Å². The molecule has 1 saturated heterocycles. The van der Waals surface area contributed by atoms with Crippen molar-refractivity contribution in [1.29, 1.82) is 5.26 Å². The lowest BCUT2D eigenvalue weighted by Crippen LogP contribution is -2.45. The van der Waals surface area contributed by atoms with Crippen molar-refractivity contribution in [2.75, 3.05) is 26.2 Å². The van der Waals surface area contributed by atoms with Gasteiger partial charge in [-0.15, -0.1) is 11.3 Å². The van der Waals surface area contributed by atoms with Crippen LogP contribution in [0.3, 0.4) is 0 Å². The molecule has 0 spiro atoms. The standard InChI is InChI=1S/C11H14BrN3OS/c12-8-3-11(17-7-8)10(5-14)15-1-2-16-9(4-13)6-15/h3,7,9-10H,1-2,5-6,14H2. The summed E-state index contributed by atoms with van der Waals surface area (Å²) >= 11 is 5.15. The molecular formula is C11H14BrN3OS. The summed E-state index contributed by atoms with van der Waals surface area (Å²) in [6, 6.07) is 4.44. The van der Waals surface area contributed by atoms with Crippen LogP contribution in [0.5, 0.6) is 0 Å². The van der Waals surface area contributed by atoms with Crippen LogP contribution in [0.2, 0.25) is 0 Å². The SMILES string of the molecule is N#CC1CN(C(CN)c2cc(Br)cs2)CCO1. The van der Waals surface area contributed by atoms with E-state index < -0.39 is 0 Å². The van der Waals surface area contributed by atoms with E-state index in [0.717, 1.165) is 11.0 Å². The Morgan fingerprint density at radius 1 is 1.76 bits per heavy atom. The predicted molar refractivity (Wildman–Crippen MR) is 70.7 cm³/mol. The summed E-state index contributed by atoms with van der Waals surface area (Å²) in [5, 5.41) is 11.0. The highest BCUT2D eigenvalue weighted by Gasteiger charge is 2.27. The van der Waals surface area contributed by atoms with Crippen LogP contribution in [0, 0.1) is 11.3 Å². The van der Waals surface area contributed by atoms with E-state index in [0.29, 0.717) is 19.7 Å². The van der Waals surface area contributed by atoms with E-state index in [9.17, 15) is 0 Å². The Morgan fingerprint density at radius 3 is 3.18 bits per heavy atom. The van der Waals surface area contributed by atoms with E-state index in [1.54, 1.807) is 11.3 Å². The molecule has 1 aliphatic rings. The quantitative estimate of drug-likeness (QED) is 0.922. The number of hydrogen-bond donors (Lipinski definition) is 1. The maximum Gasteiger partial charge on any atom is 0.156 e. The van der Waals surface area contributed by atoms with Crippen molar-refractivity contribution in [2.45, 2.75) is 12.1 Å². The Morgan fingerprint density at radius 2 is 2.59 bits per heavy atom. The molecule has 0 radical (unpaired) electrons. The van der Waals surface area contributed by atoms with Gasteiger partial charge in [-0.25, -0.2) is 0 Å². The molecule has 92 valence electrons. The number of rotatable bonds is 3. The zero-order chi connectivity index (χ0) is 12.3. The summed E-state index contributed by atoms with van der Waals surface area (Å²) < 4.78 is 6.43. The van der Waals surface area contributed by atoms with Gasteiger partial charge in [-0.05, 0) is 22.0 Å². The average molecular weight is 316 g/mol. The van der Waals surface area contributed by atoms with E-state index in [2.05, 4.69) is 38.3 Å². The van der Waals surface area contributed by atoms with Crippen LogP contribution >= 0.6 is 27.3 Å². The molecule has 1 aromatic rings. The number of hydrogen-bond acceptors (Lipinski definition) is 5. The third-order valence-electron chi connectivity index (χ3n) is 2.82. The molecule has 1 fully saturated rings. The molecule has 1 aromatic heterocycles. The van der Waals surface area contributed by atoms with Crippen LogP contribution in [0.4, 0.5) is 0 Å². The summed E-state index contributed by atoms with van der Waals surface area (Å²) in [4.78, 5) is 3.47. The smallest absolute Gasteiger partial charge is 0.156 e. The number of nitrogens with zero attached hydrogens (tertiary/aromatic N) is 2. The first-order valence-corrected chi connectivity index (χ1v) is 7.11. The maximum absolute atomic E-state index is 8.90.